The largest absolute Gasteiger partial charge is 0.380 e. The van der Waals surface area contributed by atoms with Gasteiger partial charge in [-0.25, -0.2) is 9.97 Å². The molecule has 0 amide bonds. The fourth-order valence-corrected chi connectivity index (χ4v) is 2.10. The maximum absolute atomic E-state index is 7.95. The van der Waals surface area contributed by atoms with Crippen LogP contribution in [0.3, 0.4) is 0 Å². The van der Waals surface area contributed by atoms with Gasteiger partial charge in [0.1, 0.15) is 11.4 Å². The third-order valence-electron chi connectivity index (χ3n) is 2.61. The monoisotopic (exact) mass is 304 g/mol. The molecule has 0 atom stereocenters. The zero-order valence-electron chi connectivity index (χ0n) is 11.3. The molecule has 0 saturated carbocycles. The van der Waals surface area contributed by atoms with Gasteiger partial charge in [0.05, 0.1) is 12.3 Å². The summed E-state index contributed by atoms with van der Waals surface area (Å²) in [4.78, 5) is 9.94. The van der Waals surface area contributed by atoms with Gasteiger partial charge in [0.2, 0.25) is 5.28 Å². The van der Waals surface area contributed by atoms with Crippen LogP contribution in [0.4, 0.5) is 5.69 Å². The van der Waals surface area contributed by atoms with Crippen LogP contribution in [0.25, 0.3) is 0 Å². The fraction of sp³-hybridized carbons (Fsp3) is 0.583. The third-order valence-corrected chi connectivity index (χ3v) is 3.04. The lowest BCUT2D eigenvalue weighted by Crippen LogP contribution is -2.26. The Balaban J connectivity index is 3.06. The smallest absolute Gasteiger partial charge is 0.224 e. The van der Waals surface area contributed by atoms with E-state index in [1.807, 2.05) is 25.8 Å². The van der Waals surface area contributed by atoms with E-state index in [4.69, 9.17) is 33.3 Å². The Morgan fingerprint density at radius 1 is 1.32 bits per heavy atom. The Morgan fingerprint density at radius 2 is 2.00 bits per heavy atom. The zero-order chi connectivity index (χ0) is 14.4. The van der Waals surface area contributed by atoms with Crippen molar-refractivity contribution in [2.45, 2.75) is 20.3 Å². The average Bonchev–Trinajstić information content (AvgIpc) is 2.36. The summed E-state index contributed by atoms with van der Waals surface area (Å²) in [5.74, 6) is 0. The molecule has 0 aliphatic heterocycles. The number of aromatic nitrogens is 2. The van der Waals surface area contributed by atoms with E-state index in [0.717, 1.165) is 0 Å². The maximum atomic E-state index is 7.95. The molecule has 19 heavy (non-hydrogen) atoms. The molecule has 1 aromatic heterocycles. The summed E-state index contributed by atoms with van der Waals surface area (Å²) in [6.07, 6.45) is 0.552. The Labute approximate surface area is 123 Å². The molecule has 1 N–H and O–H groups in total. The Morgan fingerprint density at radius 3 is 2.58 bits per heavy atom. The van der Waals surface area contributed by atoms with Crippen LogP contribution in [0.1, 0.15) is 26.0 Å². The molecule has 0 spiro atoms. The van der Waals surface area contributed by atoms with Gasteiger partial charge in [0.15, 0.2) is 5.15 Å². The van der Waals surface area contributed by atoms with Crippen molar-refractivity contribution in [1.82, 2.24) is 9.97 Å². The van der Waals surface area contributed by atoms with Crippen molar-refractivity contribution in [3.8, 4) is 0 Å². The lowest BCUT2D eigenvalue weighted by molar-refractivity contribution is 0.154. The highest BCUT2D eigenvalue weighted by Gasteiger charge is 2.18. The molecule has 0 bridgehead atoms. The second-order valence-electron chi connectivity index (χ2n) is 3.93. The minimum absolute atomic E-state index is 0.0557. The van der Waals surface area contributed by atoms with Gasteiger partial charge in [-0.3, -0.25) is 0 Å². The zero-order valence-corrected chi connectivity index (χ0v) is 12.8. The van der Waals surface area contributed by atoms with Gasteiger partial charge in [-0.15, -0.1) is 0 Å². The number of halogens is 2. The molecular weight excluding hydrogens is 287 g/mol. The quantitative estimate of drug-likeness (QED) is 0.364. The maximum Gasteiger partial charge on any atom is 0.224 e. The van der Waals surface area contributed by atoms with E-state index in [-0.39, 0.29) is 10.4 Å². The number of rotatable bonds is 7. The molecule has 7 heteroatoms. The van der Waals surface area contributed by atoms with Gasteiger partial charge >= 0.3 is 0 Å². The van der Waals surface area contributed by atoms with Gasteiger partial charge in [-0.05, 0) is 24.9 Å². The first-order valence-electron chi connectivity index (χ1n) is 6.10. The van der Waals surface area contributed by atoms with Crippen LogP contribution in [-0.2, 0) is 4.74 Å². The molecule has 0 radical (unpaired) electrons. The SMILES string of the molecule is CCOCCN(C)c1c(Cl)nc(Cl)nc1C(=N)CC. The van der Waals surface area contributed by atoms with E-state index in [1.54, 1.807) is 0 Å². The molecule has 0 saturated heterocycles. The molecular formula is C12H18Cl2N4O. The summed E-state index contributed by atoms with van der Waals surface area (Å²) < 4.78 is 5.31. The topological polar surface area (TPSA) is 62.1 Å². The van der Waals surface area contributed by atoms with Crippen LogP contribution in [0.2, 0.25) is 10.4 Å². The lowest BCUT2D eigenvalue weighted by atomic mass is 10.2. The fourth-order valence-electron chi connectivity index (χ4n) is 1.58. The summed E-state index contributed by atoms with van der Waals surface area (Å²) in [5, 5.41) is 8.27. The number of hydrogen-bond acceptors (Lipinski definition) is 5. The van der Waals surface area contributed by atoms with E-state index in [2.05, 4.69) is 9.97 Å². The standard InChI is InChI=1S/C12H18Cl2N4O/c1-4-8(15)9-10(11(13)17-12(14)16-9)18(3)6-7-19-5-2/h15H,4-7H2,1-3H3. The number of anilines is 1. The normalized spacial score (nSPS) is 10.6. The molecule has 1 aromatic rings. The van der Waals surface area contributed by atoms with E-state index in [1.165, 1.54) is 0 Å². The molecule has 1 heterocycles. The first kappa shape index (κ1) is 16.1. The van der Waals surface area contributed by atoms with Crippen LogP contribution in [0.5, 0.6) is 0 Å². The molecule has 1 rings (SSSR count). The van der Waals surface area contributed by atoms with Gasteiger partial charge in [-0.1, -0.05) is 18.5 Å². The summed E-state index contributed by atoms with van der Waals surface area (Å²) >= 11 is 11.9. The first-order valence-corrected chi connectivity index (χ1v) is 6.86. The van der Waals surface area contributed by atoms with Crippen molar-refractivity contribution in [3.05, 3.63) is 16.1 Å². The second kappa shape index (κ2) is 7.62. The predicted molar refractivity (Wildman–Crippen MR) is 78.9 cm³/mol. The van der Waals surface area contributed by atoms with Gasteiger partial charge in [0.25, 0.3) is 0 Å². The third kappa shape index (κ3) is 4.30. The van der Waals surface area contributed by atoms with Gasteiger partial charge in [-0.2, -0.15) is 0 Å². The average molecular weight is 305 g/mol. The number of nitrogens with zero attached hydrogens (tertiary/aromatic N) is 3. The van der Waals surface area contributed by atoms with Crippen LogP contribution in [-0.4, -0.2) is 42.5 Å². The van der Waals surface area contributed by atoms with Crippen molar-refractivity contribution >= 4 is 34.6 Å². The molecule has 5 nitrogen and oxygen atoms in total. The van der Waals surface area contributed by atoms with E-state index in [9.17, 15) is 0 Å². The van der Waals surface area contributed by atoms with Crippen molar-refractivity contribution < 1.29 is 4.74 Å². The van der Waals surface area contributed by atoms with Crippen LogP contribution < -0.4 is 4.90 Å². The van der Waals surface area contributed by atoms with Gasteiger partial charge in [0, 0.05) is 20.2 Å². The highest BCUT2D eigenvalue weighted by atomic mass is 35.5. The minimum Gasteiger partial charge on any atom is -0.380 e. The summed E-state index contributed by atoms with van der Waals surface area (Å²) in [5.41, 5.74) is 1.48. The van der Waals surface area contributed by atoms with Gasteiger partial charge < -0.3 is 15.0 Å². The highest BCUT2D eigenvalue weighted by Crippen LogP contribution is 2.28. The van der Waals surface area contributed by atoms with E-state index in [0.29, 0.717) is 43.3 Å². The number of hydrogen-bond donors (Lipinski definition) is 1. The molecule has 0 aliphatic carbocycles. The first-order chi connectivity index (χ1) is 9.01. The number of nitrogens with one attached hydrogen (secondary N) is 1. The van der Waals surface area contributed by atoms with Crippen LogP contribution in [0.15, 0.2) is 0 Å². The Hall–Kier alpha value is -0.910. The second-order valence-corrected chi connectivity index (χ2v) is 4.63. The van der Waals surface area contributed by atoms with Crippen molar-refractivity contribution in [1.29, 1.82) is 5.41 Å². The molecule has 0 unspecified atom stereocenters. The molecule has 0 aromatic carbocycles. The number of ether oxygens (including phenoxy) is 1. The minimum atomic E-state index is 0.0557. The summed E-state index contributed by atoms with van der Waals surface area (Å²) in [7, 11) is 1.87. The Kier molecular flexibility index (Phi) is 6.48. The van der Waals surface area contributed by atoms with E-state index < -0.39 is 0 Å². The van der Waals surface area contributed by atoms with Crippen LogP contribution >= 0.6 is 23.2 Å². The highest BCUT2D eigenvalue weighted by molar-refractivity contribution is 6.34. The summed E-state index contributed by atoms with van der Waals surface area (Å²) in [6.45, 7) is 5.70. The van der Waals surface area contributed by atoms with Crippen LogP contribution in [0, 0.1) is 5.41 Å². The van der Waals surface area contributed by atoms with Crippen molar-refractivity contribution in [2.75, 3.05) is 31.7 Å². The predicted octanol–water partition coefficient (Wildman–Crippen LogP) is 3.03. The molecule has 106 valence electrons. The summed E-state index contributed by atoms with van der Waals surface area (Å²) in [6, 6.07) is 0. The van der Waals surface area contributed by atoms with Crippen molar-refractivity contribution in [2.24, 2.45) is 0 Å². The van der Waals surface area contributed by atoms with E-state index >= 15 is 0 Å². The number of likely N-dealkylation sites (N-methyl/N-ethyl adjacent to an activating group) is 1. The van der Waals surface area contributed by atoms with Crippen molar-refractivity contribution in [3.63, 3.8) is 0 Å². The lowest BCUT2D eigenvalue weighted by Gasteiger charge is -2.22. The Bertz CT molecular complexity index is 454. The molecule has 0 aliphatic rings. The molecule has 0 fully saturated rings.